The lowest BCUT2D eigenvalue weighted by molar-refractivity contribution is -0.140. The van der Waals surface area contributed by atoms with Gasteiger partial charge < -0.3 is 34.9 Å². The number of anilines is 2. The van der Waals surface area contributed by atoms with E-state index in [1.165, 1.54) is 19.1 Å². The van der Waals surface area contributed by atoms with Gasteiger partial charge in [0, 0.05) is 31.1 Å². The lowest BCUT2D eigenvalue weighted by Crippen LogP contribution is -2.48. The van der Waals surface area contributed by atoms with Crippen molar-refractivity contribution in [2.24, 2.45) is 0 Å². The smallest absolute Gasteiger partial charge is 0.338 e. The molecule has 0 bridgehead atoms. The average Bonchev–Trinajstić information content (AvgIpc) is 2.91. The van der Waals surface area contributed by atoms with E-state index in [-0.39, 0.29) is 19.2 Å². The number of benzene rings is 2. The van der Waals surface area contributed by atoms with Gasteiger partial charge in [0.15, 0.2) is 0 Å². The number of urea groups is 2. The number of allylic oxidation sites excluding steroid dienone is 1. The molecule has 0 saturated carbocycles. The number of hydrogen-bond donors (Lipinski definition) is 3. The van der Waals surface area contributed by atoms with Gasteiger partial charge >= 0.3 is 18.0 Å². The van der Waals surface area contributed by atoms with Crippen molar-refractivity contribution >= 4 is 29.4 Å². The van der Waals surface area contributed by atoms with E-state index in [4.69, 9.17) is 18.9 Å². The standard InChI is InChI=1S/C27H34N4O7/c1-6-12-31-17(2)23(25(32)38-14-13-35-3)24(30-27(31)34)18-8-7-9-19(15-18)28-26(33)29-21-11-10-20(36-4)16-22(21)37-5/h7-11,15-16,24H,6,12-14H2,1-5H3,(H,30,34)(H2,28,29,33). The van der Waals surface area contributed by atoms with Gasteiger partial charge in [-0.3, -0.25) is 4.90 Å². The van der Waals surface area contributed by atoms with Crippen molar-refractivity contribution < 1.29 is 33.3 Å². The molecule has 0 aromatic heterocycles. The van der Waals surface area contributed by atoms with E-state index in [2.05, 4.69) is 16.0 Å². The van der Waals surface area contributed by atoms with Gasteiger partial charge in [-0.05, 0) is 43.2 Å². The molecule has 3 N–H and O–H groups in total. The molecule has 0 fully saturated rings. The summed E-state index contributed by atoms with van der Waals surface area (Å²) in [7, 11) is 4.55. The van der Waals surface area contributed by atoms with E-state index in [1.54, 1.807) is 56.5 Å². The third kappa shape index (κ3) is 6.74. The predicted molar refractivity (Wildman–Crippen MR) is 142 cm³/mol. The summed E-state index contributed by atoms with van der Waals surface area (Å²) >= 11 is 0. The zero-order chi connectivity index (χ0) is 27.7. The number of carbonyl (C=O) groups excluding carboxylic acids is 3. The van der Waals surface area contributed by atoms with Crippen LogP contribution < -0.4 is 25.4 Å². The van der Waals surface area contributed by atoms with Crippen LogP contribution in [0.25, 0.3) is 0 Å². The van der Waals surface area contributed by atoms with Gasteiger partial charge in [-0.15, -0.1) is 0 Å². The van der Waals surface area contributed by atoms with Crippen molar-refractivity contribution in [3.8, 4) is 11.5 Å². The molecular weight excluding hydrogens is 492 g/mol. The predicted octanol–water partition coefficient (Wildman–Crippen LogP) is 4.29. The summed E-state index contributed by atoms with van der Waals surface area (Å²) in [6, 6.07) is 10.3. The topological polar surface area (TPSA) is 127 Å². The largest absolute Gasteiger partial charge is 0.497 e. The number of carbonyl (C=O) groups is 3. The second-order valence-electron chi connectivity index (χ2n) is 8.43. The van der Waals surface area contributed by atoms with Crippen LogP contribution in [-0.4, -0.2) is 64.0 Å². The highest BCUT2D eigenvalue weighted by Gasteiger charge is 2.36. The zero-order valence-corrected chi connectivity index (χ0v) is 22.3. The number of ether oxygens (including phenoxy) is 4. The highest BCUT2D eigenvalue weighted by Crippen LogP contribution is 2.33. The maximum atomic E-state index is 13.1. The number of nitrogens with one attached hydrogen (secondary N) is 3. The molecule has 0 aliphatic carbocycles. The van der Waals surface area contributed by atoms with Crippen LogP contribution in [0, 0.1) is 0 Å². The zero-order valence-electron chi connectivity index (χ0n) is 22.3. The molecule has 0 saturated heterocycles. The molecule has 1 aliphatic rings. The first-order valence-electron chi connectivity index (χ1n) is 12.2. The van der Waals surface area contributed by atoms with Gasteiger partial charge in [0.1, 0.15) is 18.1 Å². The van der Waals surface area contributed by atoms with Crippen LogP contribution in [-0.2, 0) is 14.3 Å². The van der Waals surface area contributed by atoms with Gasteiger partial charge in [-0.2, -0.15) is 0 Å². The summed E-state index contributed by atoms with van der Waals surface area (Å²) in [5.74, 6) is 0.479. The molecule has 2 aromatic carbocycles. The molecule has 0 radical (unpaired) electrons. The van der Waals surface area contributed by atoms with E-state index in [9.17, 15) is 14.4 Å². The number of amides is 4. The molecule has 4 amide bonds. The minimum absolute atomic E-state index is 0.0805. The normalized spacial score (nSPS) is 15.0. The van der Waals surface area contributed by atoms with Crippen molar-refractivity contribution in [2.45, 2.75) is 26.3 Å². The van der Waals surface area contributed by atoms with Crippen LogP contribution >= 0.6 is 0 Å². The summed E-state index contributed by atoms with van der Waals surface area (Å²) in [6.45, 7) is 4.46. The maximum absolute atomic E-state index is 13.1. The number of hydrogen-bond acceptors (Lipinski definition) is 7. The first kappa shape index (κ1) is 28.3. The number of nitrogens with zero attached hydrogens (tertiary/aromatic N) is 1. The fourth-order valence-electron chi connectivity index (χ4n) is 4.07. The monoisotopic (exact) mass is 526 g/mol. The van der Waals surface area contributed by atoms with Crippen LogP contribution in [0.3, 0.4) is 0 Å². The summed E-state index contributed by atoms with van der Waals surface area (Å²) in [6.07, 6.45) is 0.717. The Kier molecular flexibility index (Phi) is 9.94. The van der Waals surface area contributed by atoms with Crippen molar-refractivity contribution in [3.05, 3.63) is 59.3 Å². The molecule has 11 nitrogen and oxygen atoms in total. The molecule has 1 atom stereocenters. The molecule has 2 aromatic rings. The minimum Gasteiger partial charge on any atom is -0.497 e. The molecule has 1 heterocycles. The molecule has 3 rings (SSSR count). The van der Waals surface area contributed by atoms with Crippen LogP contribution in [0.1, 0.15) is 31.9 Å². The van der Waals surface area contributed by atoms with Gasteiger partial charge in [-0.1, -0.05) is 19.1 Å². The lowest BCUT2D eigenvalue weighted by Gasteiger charge is -2.35. The number of methoxy groups -OCH3 is 3. The third-order valence-electron chi connectivity index (χ3n) is 5.92. The first-order chi connectivity index (χ1) is 18.3. The second kappa shape index (κ2) is 13.3. The van der Waals surface area contributed by atoms with E-state index in [0.717, 1.165) is 6.42 Å². The van der Waals surface area contributed by atoms with Crippen molar-refractivity contribution in [1.29, 1.82) is 0 Å². The molecular formula is C27H34N4O7. The van der Waals surface area contributed by atoms with Crippen molar-refractivity contribution in [1.82, 2.24) is 10.2 Å². The van der Waals surface area contributed by atoms with Crippen LogP contribution in [0.2, 0.25) is 0 Å². The Balaban J connectivity index is 1.85. The van der Waals surface area contributed by atoms with E-state index < -0.39 is 18.0 Å². The Hall–Kier alpha value is -4.25. The Morgan fingerprint density at radius 2 is 1.82 bits per heavy atom. The Morgan fingerprint density at radius 3 is 2.50 bits per heavy atom. The highest BCUT2D eigenvalue weighted by molar-refractivity contribution is 6.01. The molecule has 1 aliphatic heterocycles. The molecule has 204 valence electrons. The quantitative estimate of drug-likeness (QED) is 0.294. The fourth-order valence-corrected chi connectivity index (χ4v) is 4.07. The lowest BCUT2D eigenvalue weighted by atomic mass is 9.94. The Morgan fingerprint density at radius 1 is 1.03 bits per heavy atom. The summed E-state index contributed by atoms with van der Waals surface area (Å²) < 4.78 is 20.9. The van der Waals surface area contributed by atoms with Gasteiger partial charge in [0.25, 0.3) is 0 Å². The van der Waals surface area contributed by atoms with E-state index in [1.807, 2.05) is 6.92 Å². The Bertz CT molecular complexity index is 1200. The van der Waals surface area contributed by atoms with Crippen LogP contribution in [0.5, 0.6) is 11.5 Å². The van der Waals surface area contributed by atoms with Gasteiger partial charge in [0.2, 0.25) is 0 Å². The SMILES string of the molecule is CCCN1C(=O)NC(c2cccc(NC(=O)Nc3ccc(OC)cc3OC)c2)C(C(=O)OCCOC)=C1C. The number of esters is 1. The van der Waals surface area contributed by atoms with Crippen molar-refractivity contribution in [2.75, 3.05) is 51.7 Å². The molecule has 38 heavy (non-hydrogen) atoms. The molecule has 0 spiro atoms. The second-order valence-corrected chi connectivity index (χ2v) is 8.43. The van der Waals surface area contributed by atoms with Crippen molar-refractivity contribution in [3.63, 3.8) is 0 Å². The van der Waals surface area contributed by atoms with Gasteiger partial charge in [-0.25, -0.2) is 14.4 Å². The minimum atomic E-state index is -0.767. The summed E-state index contributed by atoms with van der Waals surface area (Å²) in [5.41, 5.74) is 2.36. The summed E-state index contributed by atoms with van der Waals surface area (Å²) in [5, 5.41) is 8.43. The first-order valence-corrected chi connectivity index (χ1v) is 12.2. The fraction of sp³-hybridized carbons (Fsp3) is 0.370. The van der Waals surface area contributed by atoms with E-state index >= 15 is 0 Å². The Labute approximate surface area is 222 Å². The molecule has 1 unspecified atom stereocenters. The number of rotatable bonds is 11. The average molecular weight is 527 g/mol. The summed E-state index contributed by atoms with van der Waals surface area (Å²) in [4.78, 5) is 40.2. The third-order valence-corrected chi connectivity index (χ3v) is 5.92. The van der Waals surface area contributed by atoms with Gasteiger partial charge in [0.05, 0.1) is 38.1 Å². The highest BCUT2D eigenvalue weighted by atomic mass is 16.6. The molecule has 11 heteroatoms. The maximum Gasteiger partial charge on any atom is 0.338 e. The van der Waals surface area contributed by atoms with E-state index in [0.29, 0.717) is 46.3 Å². The van der Waals surface area contributed by atoms with Crippen LogP contribution in [0.15, 0.2) is 53.7 Å². The van der Waals surface area contributed by atoms with Crippen LogP contribution in [0.4, 0.5) is 21.0 Å².